The van der Waals surface area contributed by atoms with Crippen molar-refractivity contribution in [3.63, 3.8) is 0 Å². The van der Waals surface area contributed by atoms with Gasteiger partial charge in [-0.05, 0) is 17.7 Å². The maximum atomic E-state index is 5.11. The topological polar surface area (TPSA) is 33.6 Å². The van der Waals surface area contributed by atoms with E-state index < -0.39 is 0 Å². The molecule has 0 fully saturated rings. The van der Waals surface area contributed by atoms with E-state index in [-0.39, 0.29) is 0 Å². The quantitative estimate of drug-likeness (QED) is 0.810. The van der Waals surface area contributed by atoms with Crippen molar-refractivity contribution in [1.29, 1.82) is 0 Å². The molecule has 0 bridgehead atoms. The van der Waals surface area contributed by atoms with Crippen LogP contribution in [0, 0.1) is 0 Å². The molecule has 0 aliphatic carbocycles. The molecule has 1 aromatic carbocycles. The van der Waals surface area contributed by atoms with Crippen molar-refractivity contribution in [3.05, 3.63) is 42.2 Å². The van der Waals surface area contributed by atoms with Gasteiger partial charge in [0.2, 0.25) is 0 Å². The van der Waals surface area contributed by atoms with Crippen molar-refractivity contribution in [2.45, 2.75) is 6.42 Å². The van der Waals surface area contributed by atoms with Gasteiger partial charge < -0.3 is 10.1 Å². The van der Waals surface area contributed by atoms with Gasteiger partial charge in [-0.3, -0.25) is 4.99 Å². The van der Waals surface area contributed by atoms with Crippen molar-refractivity contribution in [2.24, 2.45) is 4.99 Å². The highest BCUT2D eigenvalue weighted by atomic mass is 16.5. The van der Waals surface area contributed by atoms with Gasteiger partial charge >= 0.3 is 0 Å². The molecule has 0 unspecified atom stereocenters. The lowest BCUT2D eigenvalue weighted by atomic mass is 10.1. The Hall–Kier alpha value is -1.77. The van der Waals surface area contributed by atoms with E-state index >= 15 is 0 Å². The third-order valence-corrected chi connectivity index (χ3v) is 2.32. The Balaban J connectivity index is 2.04. The fourth-order valence-corrected chi connectivity index (χ4v) is 1.50. The zero-order valence-electron chi connectivity index (χ0n) is 8.73. The molecule has 3 nitrogen and oxygen atoms in total. The minimum Gasteiger partial charge on any atom is -0.497 e. The van der Waals surface area contributed by atoms with Gasteiger partial charge in [-0.2, -0.15) is 0 Å². The van der Waals surface area contributed by atoms with Crippen LogP contribution in [-0.4, -0.2) is 19.4 Å². The summed E-state index contributed by atoms with van der Waals surface area (Å²) in [4.78, 5) is 4.31. The Morgan fingerprint density at radius 3 is 2.73 bits per heavy atom. The molecule has 1 aromatic rings. The third-order valence-electron chi connectivity index (χ3n) is 2.32. The summed E-state index contributed by atoms with van der Waals surface area (Å²) in [6, 6.07) is 8.09. The molecule has 15 heavy (non-hydrogen) atoms. The molecule has 0 spiro atoms. The Labute approximate surface area is 89.5 Å². The molecule has 0 amide bonds. The third kappa shape index (κ3) is 2.59. The number of methoxy groups -OCH3 is 1. The van der Waals surface area contributed by atoms with Crippen molar-refractivity contribution >= 4 is 5.71 Å². The average Bonchev–Trinajstić information content (AvgIpc) is 2.31. The van der Waals surface area contributed by atoms with E-state index in [1.54, 1.807) is 13.3 Å². The van der Waals surface area contributed by atoms with E-state index in [0.29, 0.717) is 0 Å². The van der Waals surface area contributed by atoms with Crippen LogP contribution in [0.3, 0.4) is 0 Å². The normalized spacial score (nSPS) is 14.3. The number of rotatable bonds is 3. The molecule has 78 valence electrons. The Morgan fingerprint density at radius 2 is 2.13 bits per heavy atom. The van der Waals surface area contributed by atoms with Gasteiger partial charge in [0.15, 0.2) is 0 Å². The molecule has 0 atom stereocenters. The second-order valence-electron chi connectivity index (χ2n) is 3.42. The zero-order chi connectivity index (χ0) is 10.5. The first-order valence-corrected chi connectivity index (χ1v) is 4.95. The summed E-state index contributed by atoms with van der Waals surface area (Å²) in [6.07, 6.45) is 4.54. The number of benzene rings is 1. The lowest BCUT2D eigenvalue weighted by Crippen LogP contribution is -2.22. The number of ether oxygens (including phenoxy) is 1. The molecule has 3 heteroatoms. The second kappa shape index (κ2) is 4.64. The summed E-state index contributed by atoms with van der Waals surface area (Å²) in [7, 11) is 1.68. The Kier molecular flexibility index (Phi) is 3.02. The van der Waals surface area contributed by atoms with Gasteiger partial charge in [-0.25, -0.2) is 0 Å². The highest BCUT2D eigenvalue weighted by Gasteiger charge is 2.02. The highest BCUT2D eigenvalue weighted by Crippen LogP contribution is 2.12. The first-order chi connectivity index (χ1) is 7.38. The van der Waals surface area contributed by atoms with Gasteiger partial charge in [0.25, 0.3) is 0 Å². The molecule has 1 N–H and O–H groups in total. The van der Waals surface area contributed by atoms with Crippen LogP contribution in [0.5, 0.6) is 5.75 Å². The molecule has 1 aliphatic heterocycles. The molecule has 0 saturated carbocycles. The predicted molar refractivity (Wildman–Crippen MR) is 61.3 cm³/mol. The summed E-state index contributed by atoms with van der Waals surface area (Å²) >= 11 is 0. The monoisotopic (exact) mass is 202 g/mol. The van der Waals surface area contributed by atoms with Crippen molar-refractivity contribution in [3.8, 4) is 5.75 Å². The van der Waals surface area contributed by atoms with E-state index in [9.17, 15) is 0 Å². The van der Waals surface area contributed by atoms with Gasteiger partial charge in [0, 0.05) is 24.5 Å². The van der Waals surface area contributed by atoms with Gasteiger partial charge in [0.05, 0.1) is 13.7 Å². The van der Waals surface area contributed by atoms with Crippen LogP contribution in [0.25, 0.3) is 0 Å². The maximum Gasteiger partial charge on any atom is 0.118 e. The molecule has 1 aliphatic rings. The van der Waals surface area contributed by atoms with E-state index in [1.165, 1.54) is 5.56 Å². The SMILES string of the molecule is COc1ccc(CC2=NC=CNC2)cc1. The number of nitrogens with one attached hydrogen (secondary N) is 1. The molecule has 1 heterocycles. The average molecular weight is 202 g/mol. The van der Waals surface area contributed by atoms with Crippen LogP contribution in [0.4, 0.5) is 0 Å². The van der Waals surface area contributed by atoms with Crippen LogP contribution in [0.1, 0.15) is 5.56 Å². The summed E-state index contributed by atoms with van der Waals surface area (Å²) in [5.74, 6) is 0.891. The molecule has 0 saturated heterocycles. The summed E-state index contributed by atoms with van der Waals surface area (Å²) in [5.41, 5.74) is 2.41. The lowest BCUT2D eigenvalue weighted by molar-refractivity contribution is 0.414. The number of hydrogen-bond donors (Lipinski definition) is 1. The first-order valence-electron chi connectivity index (χ1n) is 4.95. The van der Waals surface area contributed by atoms with E-state index in [1.807, 2.05) is 18.3 Å². The first kappa shape index (κ1) is 9.77. The van der Waals surface area contributed by atoms with Crippen LogP contribution in [0.2, 0.25) is 0 Å². The van der Waals surface area contributed by atoms with Crippen molar-refractivity contribution < 1.29 is 4.74 Å². The van der Waals surface area contributed by atoms with Gasteiger partial charge in [-0.1, -0.05) is 12.1 Å². The van der Waals surface area contributed by atoms with Crippen LogP contribution in [0.15, 0.2) is 41.7 Å². The zero-order valence-corrected chi connectivity index (χ0v) is 8.73. The van der Waals surface area contributed by atoms with Crippen molar-refractivity contribution in [1.82, 2.24) is 5.32 Å². The van der Waals surface area contributed by atoms with Gasteiger partial charge in [-0.15, -0.1) is 0 Å². The Bertz CT molecular complexity index is 379. The molecule has 0 radical (unpaired) electrons. The molecular weight excluding hydrogens is 188 g/mol. The summed E-state index contributed by atoms with van der Waals surface area (Å²) < 4.78 is 5.11. The minimum atomic E-state index is 0.836. The van der Waals surface area contributed by atoms with Crippen molar-refractivity contribution in [2.75, 3.05) is 13.7 Å². The second-order valence-corrected chi connectivity index (χ2v) is 3.42. The minimum absolute atomic E-state index is 0.836. The van der Waals surface area contributed by atoms with Crippen LogP contribution >= 0.6 is 0 Å². The standard InChI is InChI=1S/C12H14N2O/c1-15-12-4-2-10(3-5-12)8-11-9-13-6-7-14-11/h2-7,13H,8-9H2,1H3. The summed E-state index contributed by atoms with van der Waals surface area (Å²) in [5, 5.41) is 3.14. The number of nitrogens with zero attached hydrogens (tertiary/aromatic N) is 1. The maximum absolute atomic E-state index is 5.11. The predicted octanol–water partition coefficient (Wildman–Crippen LogP) is 1.75. The van der Waals surface area contributed by atoms with Crippen LogP contribution in [-0.2, 0) is 6.42 Å². The van der Waals surface area contributed by atoms with E-state index in [0.717, 1.165) is 24.4 Å². The van der Waals surface area contributed by atoms with Gasteiger partial charge in [0.1, 0.15) is 5.75 Å². The fraction of sp³-hybridized carbons (Fsp3) is 0.250. The molecular formula is C12H14N2O. The number of aliphatic imine (C=N–C) groups is 1. The summed E-state index contributed by atoms with van der Waals surface area (Å²) in [6.45, 7) is 0.836. The Morgan fingerprint density at radius 1 is 1.33 bits per heavy atom. The number of hydrogen-bond acceptors (Lipinski definition) is 3. The molecule has 2 rings (SSSR count). The smallest absolute Gasteiger partial charge is 0.118 e. The van der Waals surface area contributed by atoms with Crippen LogP contribution < -0.4 is 10.1 Å². The lowest BCUT2D eigenvalue weighted by Gasteiger charge is -2.09. The van der Waals surface area contributed by atoms with E-state index in [2.05, 4.69) is 22.4 Å². The molecule has 0 aromatic heterocycles. The highest BCUT2D eigenvalue weighted by molar-refractivity contribution is 5.89. The fourth-order valence-electron chi connectivity index (χ4n) is 1.50. The van der Waals surface area contributed by atoms with E-state index in [4.69, 9.17) is 4.74 Å². The largest absolute Gasteiger partial charge is 0.497 e.